The van der Waals surface area contributed by atoms with Gasteiger partial charge in [0.1, 0.15) is 11.9 Å². The van der Waals surface area contributed by atoms with Crippen molar-refractivity contribution in [2.75, 3.05) is 24.5 Å². The Hall–Kier alpha value is -3.15. The van der Waals surface area contributed by atoms with E-state index in [0.29, 0.717) is 31.0 Å². The molecule has 1 aromatic heterocycles. The number of halogens is 3. The minimum Gasteiger partial charge on any atom is -0.349 e. The SMILES string of the molecule is C[C@H]1CN(C(=O)Cc2ccc(C3CC3(F)F)c(F)c2)CCN1c1ccc(C#N)nn1. The molecule has 1 aliphatic carbocycles. The fourth-order valence-corrected chi connectivity index (χ4v) is 3.86. The third kappa shape index (κ3) is 3.95. The molecule has 9 heteroatoms. The fraction of sp³-hybridized carbons (Fsp3) is 0.429. The molecule has 2 aliphatic rings. The Labute approximate surface area is 171 Å². The van der Waals surface area contributed by atoms with E-state index in [1.807, 2.05) is 17.9 Å². The zero-order valence-corrected chi connectivity index (χ0v) is 16.4. The van der Waals surface area contributed by atoms with Crippen molar-refractivity contribution < 1.29 is 18.0 Å². The highest BCUT2D eigenvalue weighted by Crippen LogP contribution is 2.56. The van der Waals surface area contributed by atoms with Crippen LogP contribution in [0.3, 0.4) is 0 Å². The van der Waals surface area contributed by atoms with Crippen LogP contribution < -0.4 is 4.90 Å². The summed E-state index contributed by atoms with van der Waals surface area (Å²) in [5.41, 5.74) is 0.726. The van der Waals surface area contributed by atoms with Gasteiger partial charge in [0.05, 0.1) is 12.3 Å². The number of carbonyl (C=O) groups excluding carboxylic acids is 1. The first-order chi connectivity index (χ1) is 14.3. The molecule has 1 saturated heterocycles. The quantitative estimate of drug-likeness (QED) is 0.768. The summed E-state index contributed by atoms with van der Waals surface area (Å²) in [5, 5.41) is 16.7. The van der Waals surface area contributed by atoms with Crippen LogP contribution in [-0.4, -0.2) is 52.6 Å². The number of hydrogen-bond acceptors (Lipinski definition) is 5. The lowest BCUT2D eigenvalue weighted by molar-refractivity contribution is -0.131. The number of piperazine rings is 1. The largest absolute Gasteiger partial charge is 0.349 e. The number of alkyl halides is 2. The van der Waals surface area contributed by atoms with Crippen LogP contribution in [0.15, 0.2) is 30.3 Å². The number of nitrogens with zero attached hydrogens (tertiary/aromatic N) is 5. The van der Waals surface area contributed by atoms with E-state index in [4.69, 9.17) is 5.26 Å². The van der Waals surface area contributed by atoms with Crippen molar-refractivity contribution in [2.45, 2.75) is 37.6 Å². The lowest BCUT2D eigenvalue weighted by Crippen LogP contribution is -2.54. The molecule has 1 aromatic carbocycles. The summed E-state index contributed by atoms with van der Waals surface area (Å²) in [7, 11) is 0. The molecule has 0 bridgehead atoms. The summed E-state index contributed by atoms with van der Waals surface area (Å²) in [5.74, 6) is -4.06. The summed E-state index contributed by atoms with van der Waals surface area (Å²) in [6, 6.07) is 9.35. The summed E-state index contributed by atoms with van der Waals surface area (Å²) < 4.78 is 40.6. The molecular weight excluding hydrogens is 395 g/mol. The summed E-state index contributed by atoms with van der Waals surface area (Å²) in [6.07, 6.45) is -0.310. The molecule has 2 heterocycles. The maximum atomic E-state index is 14.2. The number of nitriles is 1. The smallest absolute Gasteiger partial charge is 0.256 e. The second-order valence-corrected chi connectivity index (χ2v) is 7.82. The Balaban J connectivity index is 1.37. The maximum absolute atomic E-state index is 14.2. The fourth-order valence-electron chi connectivity index (χ4n) is 3.86. The average Bonchev–Trinajstić information content (AvgIpc) is 3.35. The molecule has 30 heavy (non-hydrogen) atoms. The van der Waals surface area contributed by atoms with E-state index < -0.39 is 17.7 Å². The molecule has 1 aliphatic heterocycles. The van der Waals surface area contributed by atoms with Gasteiger partial charge in [0.25, 0.3) is 5.92 Å². The van der Waals surface area contributed by atoms with Crippen molar-refractivity contribution in [1.29, 1.82) is 5.26 Å². The zero-order valence-electron chi connectivity index (χ0n) is 16.4. The second-order valence-electron chi connectivity index (χ2n) is 7.82. The van der Waals surface area contributed by atoms with Crippen LogP contribution in [0.1, 0.15) is 36.1 Å². The van der Waals surface area contributed by atoms with Crippen molar-refractivity contribution in [3.05, 3.63) is 53.0 Å². The molecule has 156 valence electrons. The Morgan fingerprint density at radius 3 is 2.60 bits per heavy atom. The van der Waals surface area contributed by atoms with Gasteiger partial charge in [0, 0.05) is 32.1 Å². The molecule has 4 rings (SSSR count). The molecule has 2 aromatic rings. The number of benzene rings is 1. The number of aromatic nitrogens is 2. The van der Waals surface area contributed by atoms with Crippen LogP contribution in [0.25, 0.3) is 0 Å². The lowest BCUT2D eigenvalue weighted by atomic mass is 10.0. The summed E-state index contributed by atoms with van der Waals surface area (Å²) in [4.78, 5) is 16.4. The van der Waals surface area contributed by atoms with Crippen molar-refractivity contribution in [3.8, 4) is 6.07 Å². The monoisotopic (exact) mass is 415 g/mol. The van der Waals surface area contributed by atoms with Gasteiger partial charge in [-0.25, -0.2) is 13.2 Å². The van der Waals surface area contributed by atoms with E-state index in [-0.39, 0.29) is 36.0 Å². The molecule has 1 unspecified atom stereocenters. The minimum atomic E-state index is -2.83. The Bertz CT molecular complexity index is 1000. The molecule has 0 radical (unpaired) electrons. The molecule has 2 atom stereocenters. The maximum Gasteiger partial charge on any atom is 0.256 e. The van der Waals surface area contributed by atoms with Gasteiger partial charge in [-0.1, -0.05) is 12.1 Å². The van der Waals surface area contributed by atoms with Crippen LogP contribution in [0.2, 0.25) is 0 Å². The average molecular weight is 415 g/mol. The Kier molecular flexibility index (Phi) is 5.10. The summed E-state index contributed by atoms with van der Waals surface area (Å²) >= 11 is 0. The van der Waals surface area contributed by atoms with Gasteiger partial charge in [-0.2, -0.15) is 5.26 Å². The Morgan fingerprint density at radius 2 is 2.03 bits per heavy atom. The van der Waals surface area contributed by atoms with Gasteiger partial charge in [-0.05, 0) is 36.2 Å². The third-order valence-corrected chi connectivity index (χ3v) is 5.66. The van der Waals surface area contributed by atoms with Crippen LogP contribution in [0.5, 0.6) is 0 Å². The van der Waals surface area contributed by atoms with E-state index >= 15 is 0 Å². The van der Waals surface area contributed by atoms with Gasteiger partial charge in [-0.3, -0.25) is 4.79 Å². The van der Waals surface area contributed by atoms with Crippen LogP contribution in [-0.2, 0) is 11.2 Å². The first kappa shape index (κ1) is 20.1. The first-order valence-electron chi connectivity index (χ1n) is 9.73. The van der Waals surface area contributed by atoms with E-state index in [2.05, 4.69) is 10.2 Å². The lowest BCUT2D eigenvalue weighted by Gasteiger charge is -2.40. The predicted octanol–water partition coefficient (Wildman–Crippen LogP) is 2.89. The van der Waals surface area contributed by atoms with Crippen molar-refractivity contribution in [3.63, 3.8) is 0 Å². The number of hydrogen-bond donors (Lipinski definition) is 0. The van der Waals surface area contributed by atoms with E-state index in [9.17, 15) is 18.0 Å². The molecule has 2 fully saturated rings. The van der Waals surface area contributed by atoms with Crippen LogP contribution >= 0.6 is 0 Å². The molecule has 6 nitrogen and oxygen atoms in total. The molecule has 0 spiro atoms. The second kappa shape index (κ2) is 7.59. The molecule has 0 N–H and O–H groups in total. The highest BCUT2D eigenvalue weighted by Gasteiger charge is 2.58. The first-order valence-corrected chi connectivity index (χ1v) is 9.73. The highest BCUT2D eigenvalue weighted by molar-refractivity contribution is 5.79. The van der Waals surface area contributed by atoms with Crippen LogP contribution in [0, 0.1) is 17.1 Å². The normalized spacial score (nSPS) is 22.5. The summed E-state index contributed by atoms with van der Waals surface area (Å²) in [6.45, 7) is 3.45. The van der Waals surface area contributed by atoms with Gasteiger partial charge in [-0.15, -0.1) is 10.2 Å². The van der Waals surface area contributed by atoms with Gasteiger partial charge < -0.3 is 9.80 Å². The predicted molar refractivity (Wildman–Crippen MR) is 103 cm³/mol. The van der Waals surface area contributed by atoms with Crippen molar-refractivity contribution in [2.24, 2.45) is 0 Å². The Morgan fingerprint density at radius 1 is 1.27 bits per heavy atom. The van der Waals surface area contributed by atoms with Gasteiger partial charge >= 0.3 is 0 Å². The van der Waals surface area contributed by atoms with E-state index in [1.165, 1.54) is 12.1 Å². The van der Waals surface area contributed by atoms with Gasteiger partial charge in [0.2, 0.25) is 5.91 Å². The van der Waals surface area contributed by atoms with Crippen LogP contribution in [0.4, 0.5) is 19.0 Å². The number of rotatable bonds is 4. The third-order valence-electron chi connectivity index (χ3n) is 5.66. The van der Waals surface area contributed by atoms with Gasteiger partial charge in [0.15, 0.2) is 11.5 Å². The number of carbonyl (C=O) groups is 1. The zero-order chi connectivity index (χ0) is 21.5. The van der Waals surface area contributed by atoms with E-state index in [0.717, 1.165) is 0 Å². The number of amides is 1. The number of anilines is 1. The molecule has 1 amide bonds. The molecular formula is C21H20F3N5O. The molecule has 1 saturated carbocycles. The highest BCUT2D eigenvalue weighted by atomic mass is 19.3. The topological polar surface area (TPSA) is 73.1 Å². The van der Waals surface area contributed by atoms with E-state index in [1.54, 1.807) is 23.1 Å². The van der Waals surface area contributed by atoms with Crippen molar-refractivity contribution in [1.82, 2.24) is 15.1 Å². The minimum absolute atomic E-state index is 0.0128. The standard InChI is InChI=1S/C21H20F3N5O/c1-13-12-28(6-7-29(13)19-5-3-15(11-25)26-27-19)20(30)9-14-2-4-16(18(22)8-14)17-10-21(17,23)24/h2-5,8,13,17H,6-7,9-10,12H2,1H3/t13-,17?/m0/s1. The van der Waals surface area contributed by atoms with Crippen molar-refractivity contribution >= 4 is 11.7 Å².